The molecule has 1 atom stereocenters. The summed E-state index contributed by atoms with van der Waals surface area (Å²) in [7, 11) is 0. The second kappa shape index (κ2) is 6.37. The van der Waals surface area contributed by atoms with E-state index in [4.69, 9.17) is 4.74 Å². The second-order valence-corrected chi connectivity index (χ2v) is 6.61. The van der Waals surface area contributed by atoms with Crippen LogP contribution < -0.4 is 15.4 Å². The molecule has 2 heterocycles. The van der Waals surface area contributed by atoms with Gasteiger partial charge in [-0.25, -0.2) is 4.79 Å². The van der Waals surface area contributed by atoms with Crippen LogP contribution in [0.2, 0.25) is 0 Å². The zero-order valence-electron chi connectivity index (χ0n) is 14.6. The molecule has 4 rings (SSSR count). The summed E-state index contributed by atoms with van der Waals surface area (Å²) >= 11 is 0. The smallest absolute Gasteiger partial charge is 0.321 e. The Morgan fingerprint density at radius 2 is 2.00 bits per heavy atom. The van der Waals surface area contributed by atoms with E-state index >= 15 is 0 Å². The zero-order valence-corrected chi connectivity index (χ0v) is 14.6. The fourth-order valence-corrected chi connectivity index (χ4v) is 3.81. The number of rotatable bonds is 3. The van der Waals surface area contributed by atoms with Crippen molar-refractivity contribution in [2.75, 3.05) is 30.3 Å². The molecule has 0 saturated carbocycles. The van der Waals surface area contributed by atoms with Crippen LogP contribution in [-0.4, -0.2) is 36.5 Å². The van der Waals surface area contributed by atoms with Crippen LogP contribution in [0.25, 0.3) is 0 Å². The average molecular weight is 351 g/mol. The van der Waals surface area contributed by atoms with Gasteiger partial charge in [-0.1, -0.05) is 30.3 Å². The number of amides is 3. The first-order valence-corrected chi connectivity index (χ1v) is 8.83. The van der Waals surface area contributed by atoms with Crippen LogP contribution in [0.3, 0.4) is 0 Å². The minimum atomic E-state index is -0.645. The number of carbonyl (C=O) groups excluding carboxylic acids is 2. The Morgan fingerprint density at radius 1 is 1.23 bits per heavy atom. The van der Waals surface area contributed by atoms with Gasteiger partial charge in [0.15, 0.2) is 0 Å². The second-order valence-electron chi connectivity index (χ2n) is 6.61. The molecule has 0 aromatic heterocycles. The van der Waals surface area contributed by atoms with E-state index in [9.17, 15) is 9.59 Å². The van der Waals surface area contributed by atoms with E-state index < -0.39 is 5.41 Å². The van der Waals surface area contributed by atoms with Crippen LogP contribution >= 0.6 is 0 Å². The lowest BCUT2D eigenvalue weighted by Gasteiger charge is -2.23. The first-order chi connectivity index (χ1) is 12.6. The third-order valence-electron chi connectivity index (χ3n) is 5.11. The van der Waals surface area contributed by atoms with Gasteiger partial charge in [-0.3, -0.25) is 4.79 Å². The summed E-state index contributed by atoms with van der Waals surface area (Å²) in [5.41, 5.74) is 1.82. The van der Waals surface area contributed by atoms with Crippen LogP contribution in [0, 0.1) is 0 Å². The highest BCUT2D eigenvalue weighted by molar-refractivity contribution is 6.07. The zero-order chi connectivity index (χ0) is 18.1. The Hall–Kier alpha value is -3.02. The largest absolute Gasteiger partial charge is 0.492 e. The highest BCUT2D eigenvalue weighted by atomic mass is 16.5. The first-order valence-electron chi connectivity index (χ1n) is 8.83. The maximum absolute atomic E-state index is 12.8. The molecule has 0 radical (unpaired) electrons. The van der Waals surface area contributed by atoms with Crippen molar-refractivity contribution in [1.82, 2.24) is 4.90 Å². The van der Waals surface area contributed by atoms with Crippen molar-refractivity contribution in [2.24, 2.45) is 0 Å². The monoisotopic (exact) mass is 351 g/mol. The molecule has 26 heavy (non-hydrogen) atoms. The van der Waals surface area contributed by atoms with Crippen molar-refractivity contribution in [3.05, 3.63) is 54.1 Å². The van der Waals surface area contributed by atoms with Gasteiger partial charge in [-0.2, -0.15) is 0 Å². The maximum atomic E-state index is 12.8. The molecule has 0 aliphatic carbocycles. The van der Waals surface area contributed by atoms with E-state index in [0.717, 1.165) is 11.3 Å². The number of likely N-dealkylation sites (tertiary alicyclic amines) is 1. The molecule has 2 aromatic rings. The summed E-state index contributed by atoms with van der Waals surface area (Å²) < 4.78 is 5.56. The first kappa shape index (κ1) is 16.4. The highest BCUT2D eigenvalue weighted by Gasteiger charge is 2.52. The van der Waals surface area contributed by atoms with E-state index in [1.165, 1.54) is 0 Å². The minimum Gasteiger partial charge on any atom is -0.492 e. The third kappa shape index (κ3) is 2.58. The molecule has 6 heteroatoms. The van der Waals surface area contributed by atoms with Crippen LogP contribution in [0.1, 0.15) is 18.9 Å². The van der Waals surface area contributed by atoms with E-state index in [1.54, 1.807) is 4.90 Å². The molecule has 2 aliphatic heterocycles. The van der Waals surface area contributed by atoms with Gasteiger partial charge in [0.05, 0.1) is 17.7 Å². The number of hydrogen-bond donors (Lipinski definition) is 2. The SMILES string of the molecule is CCOc1ccccc1NC(=O)N1CCC2(C1)C(=O)Nc1ccccc12. The van der Waals surface area contributed by atoms with Gasteiger partial charge in [0.1, 0.15) is 5.75 Å². The minimum absolute atomic E-state index is 0.0243. The molecule has 0 bridgehead atoms. The van der Waals surface area contributed by atoms with Crippen molar-refractivity contribution in [1.29, 1.82) is 0 Å². The number of nitrogens with one attached hydrogen (secondary N) is 2. The van der Waals surface area contributed by atoms with Crippen molar-refractivity contribution < 1.29 is 14.3 Å². The lowest BCUT2D eigenvalue weighted by Crippen LogP contribution is -2.40. The average Bonchev–Trinajstić information content (AvgIpc) is 3.21. The van der Waals surface area contributed by atoms with E-state index in [0.29, 0.717) is 37.6 Å². The molecule has 2 aromatic carbocycles. The number of ether oxygens (including phenoxy) is 1. The van der Waals surface area contributed by atoms with Crippen LogP contribution in [-0.2, 0) is 10.2 Å². The number of fused-ring (bicyclic) bond motifs is 2. The molecule has 1 unspecified atom stereocenters. The Balaban J connectivity index is 1.53. The van der Waals surface area contributed by atoms with Crippen molar-refractivity contribution in [2.45, 2.75) is 18.8 Å². The van der Waals surface area contributed by atoms with Crippen LogP contribution in [0.4, 0.5) is 16.2 Å². The topological polar surface area (TPSA) is 70.7 Å². The number of para-hydroxylation sites is 3. The third-order valence-corrected chi connectivity index (χ3v) is 5.11. The van der Waals surface area contributed by atoms with Gasteiger partial charge in [-0.05, 0) is 37.1 Å². The Bertz CT molecular complexity index is 867. The predicted molar refractivity (Wildman–Crippen MR) is 99.6 cm³/mol. The van der Waals surface area contributed by atoms with Gasteiger partial charge in [-0.15, -0.1) is 0 Å². The van der Waals surface area contributed by atoms with E-state index in [-0.39, 0.29) is 11.9 Å². The number of urea groups is 1. The summed E-state index contributed by atoms with van der Waals surface area (Å²) in [4.78, 5) is 27.1. The van der Waals surface area contributed by atoms with Gasteiger partial charge in [0.2, 0.25) is 5.91 Å². The Kier molecular flexibility index (Phi) is 4.03. The molecule has 3 amide bonds. The van der Waals surface area contributed by atoms with Crippen molar-refractivity contribution in [3.63, 3.8) is 0 Å². The number of anilines is 2. The molecule has 1 saturated heterocycles. The number of carbonyl (C=O) groups is 2. The van der Waals surface area contributed by atoms with Gasteiger partial charge < -0.3 is 20.3 Å². The molecule has 2 aliphatic rings. The van der Waals surface area contributed by atoms with Crippen molar-refractivity contribution in [3.8, 4) is 5.75 Å². The highest BCUT2D eigenvalue weighted by Crippen LogP contribution is 2.44. The molecule has 2 N–H and O–H groups in total. The van der Waals surface area contributed by atoms with Gasteiger partial charge >= 0.3 is 6.03 Å². The lowest BCUT2D eigenvalue weighted by molar-refractivity contribution is -0.120. The summed E-state index contributed by atoms with van der Waals surface area (Å²) in [6.07, 6.45) is 0.621. The molecular weight excluding hydrogens is 330 g/mol. The lowest BCUT2D eigenvalue weighted by atomic mass is 9.81. The normalized spacial score (nSPS) is 20.8. The van der Waals surface area contributed by atoms with E-state index in [1.807, 2.05) is 55.5 Å². The van der Waals surface area contributed by atoms with Crippen LogP contribution in [0.15, 0.2) is 48.5 Å². The Morgan fingerprint density at radius 3 is 2.85 bits per heavy atom. The predicted octanol–water partition coefficient (Wildman–Crippen LogP) is 3.21. The number of hydrogen-bond acceptors (Lipinski definition) is 3. The molecule has 1 spiro atoms. The fourth-order valence-electron chi connectivity index (χ4n) is 3.81. The maximum Gasteiger partial charge on any atom is 0.321 e. The molecular formula is C20H21N3O3. The fraction of sp³-hybridized carbons (Fsp3) is 0.300. The molecule has 6 nitrogen and oxygen atoms in total. The number of nitrogens with zero attached hydrogens (tertiary/aromatic N) is 1. The summed E-state index contributed by atoms with van der Waals surface area (Å²) in [6, 6.07) is 14.9. The standard InChI is InChI=1S/C20H21N3O3/c1-2-26-17-10-6-5-9-16(17)22-19(25)23-12-11-20(13-23)14-7-3-4-8-15(14)21-18(20)24/h3-10H,2,11-13H2,1H3,(H,21,24)(H,22,25). The Labute approximate surface area is 152 Å². The van der Waals surface area contributed by atoms with Gasteiger partial charge in [0.25, 0.3) is 0 Å². The summed E-state index contributed by atoms with van der Waals surface area (Å²) in [5.74, 6) is 0.616. The van der Waals surface area contributed by atoms with Gasteiger partial charge in [0, 0.05) is 18.8 Å². The molecule has 1 fully saturated rings. The van der Waals surface area contributed by atoms with E-state index in [2.05, 4.69) is 10.6 Å². The molecule has 134 valence electrons. The van der Waals surface area contributed by atoms with Crippen molar-refractivity contribution >= 4 is 23.3 Å². The summed E-state index contributed by atoms with van der Waals surface area (Å²) in [6.45, 7) is 3.33. The summed E-state index contributed by atoms with van der Waals surface area (Å²) in [5, 5.41) is 5.86. The van der Waals surface area contributed by atoms with Crippen LogP contribution in [0.5, 0.6) is 5.75 Å². The quantitative estimate of drug-likeness (QED) is 0.892. The number of benzene rings is 2.